The SMILES string of the molecule is O=C(O)CCCN(Cc1ccccc1)C(=O)C1CC12CCS(=O)(=O)CC2. The number of carboxylic acids is 1. The van der Waals surface area contributed by atoms with Crippen LogP contribution in [-0.2, 0) is 26.0 Å². The van der Waals surface area contributed by atoms with Crippen molar-refractivity contribution in [3.63, 3.8) is 0 Å². The molecule has 1 aromatic rings. The Kier molecular flexibility index (Phi) is 5.37. The molecule has 3 rings (SSSR count). The Morgan fingerprint density at radius 2 is 1.81 bits per heavy atom. The molecule has 6 nitrogen and oxygen atoms in total. The summed E-state index contributed by atoms with van der Waals surface area (Å²) in [6.45, 7) is 0.870. The Morgan fingerprint density at radius 3 is 2.42 bits per heavy atom. The van der Waals surface area contributed by atoms with Crippen LogP contribution < -0.4 is 0 Å². The number of benzene rings is 1. The Labute approximate surface area is 154 Å². The van der Waals surface area contributed by atoms with Gasteiger partial charge in [0.25, 0.3) is 0 Å². The molecule has 1 saturated carbocycles. The highest BCUT2D eigenvalue weighted by molar-refractivity contribution is 7.91. The lowest BCUT2D eigenvalue weighted by molar-refractivity contribution is -0.138. The van der Waals surface area contributed by atoms with E-state index in [9.17, 15) is 18.0 Å². The van der Waals surface area contributed by atoms with Crippen molar-refractivity contribution in [2.24, 2.45) is 11.3 Å². The quantitative estimate of drug-likeness (QED) is 0.783. The van der Waals surface area contributed by atoms with E-state index in [0.717, 1.165) is 12.0 Å². The molecule has 1 unspecified atom stereocenters. The van der Waals surface area contributed by atoms with Crippen LogP contribution in [0.25, 0.3) is 0 Å². The van der Waals surface area contributed by atoms with E-state index in [0.29, 0.717) is 32.4 Å². The molecular formula is C19H25NO5S. The van der Waals surface area contributed by atoms with E-state index < -0.39 is 15.8 Å². The second-order valence-corrected chi connectivity index (χ2v) is 9.82. The first kappa shape index (κ1) is 18.9. The van der Waals surface area contributed by atoms with E-state index in [1.165, 1.54) is 0 Å². The predicted octanol–water partition coefficient (Wildman–Crippen LogP) is 2.09. The van der Waals surface area contributed by atoms with Gasteiger partial charge in [-0.25, -0.2) is 8.42 Å². The molecule has 2 fully saturated rings. The molecule has 0 aromatic heterocycles. The summed E-state index contributed by atoms with van der Waals surface area (Å²) in [5.41, 5.74) is 0.863. The molecule has 1 spiro atoms. The van der Waals surface area contributed by atoms with Gasteiger partial charge >= 0.3 is 5.97 Å². The molecule has 1 N–H and O–H groups in total. The van der Waals surface area contributed by atoms with E-state index in [-0.39, 0.29) is 35.2 Å². The average Bonchev–Trinajstić information content (AvgIpc) is 3.31. The Hall–Kier alpha value is -1.89. The standard InChI is InChI=1S/C19H25NO5S/c21-17(22)7-4-10-20(14-15-5-2-1-3-6-15)18(23)16-13-19(16)8-11-26(24,25)12-9-19/h1-3,5-6,16H,4,7-14H2,(H,21,22). The summed E-state index contributed by atoms with van der Waals surface area (Å²) in [5.74, 6) is -0.592. The highest BCUT2D eigenvalue weighted by atomic mass is 32.2. The number of rotatable bonds is 7. The van der Waals surface area contributed by atoms with Crippen LogP contribution in [0, 0.1) is 11.3 Å². The smallest absolute Gasteiger partial charge is 0.303 e. The lowest BCUT2D eigenvalue weighted by atomic mass is 9.95. The van der Waals surface area contributed by atoms with Crippen molar-refractivity contribution in [1.82, 2.24) is 4.90 Å². The first-order valence-corrected chi connectivity index (χ1v) is 10.9. The predicted molar refractivity (Wildman–Crippen MR) is 97.2 cm³/mol. The monoisotopic (exact) mass is 379 g/mol. The van der Waals surface area contributed by atoms with Gasteiger partial charge in [-0.1, -0.05) is 30.3 Å². The minimum atomic E-state index is -2.95. The van der Waals surface area contributed by atoms with Gasteiger partial charge in [-0.05, 0) is 36.7 Å². The van der Waals surface area contributed by atoms with Gasteiger partial charge in [0.1, 0.15) is 9.84 Å². The lowest BCUT2D eigenvalue weighted by Gasteiger charge is -2.27. The van der Waals surface area contributed by atoms with Gasteiger partial charge in [0.2, 0.25) is 5.91 Å². The number of carboxylic acid groups (broad SMARTS) is 1. The first-order valence-electron chi connectivity index (χ1n) is 9.06. The summed E-state index contributed by atoms with van der Waals surface area (Å²) in [4.78, 5) is 25.6. The fourth-order valence-corrected chi connectivity index (χ4v) is 5.55. The number of sulfone groups is 1. The van der Waals surface area contributed by atoms with Crippen LogP contribution in [0.2, 0.25) is 0 Å². The minimum Gasteiger partial charge on any atom is -0.481 e. The maximum absolute atomic E-state index is 13.0. The second-order valence-electron chi connectivity index (χ2n) is 7.51. The molecule has 1 aliphatic heterocycles. The zero-order valence-electron chi connectivity index (χ0n) is 14.8. The maximum Gasteiger partial charge on any atom is 0.303 e. The Morgan fingerprint density at radius 1 is 1.15 bits per heavy atom. The summed E-state index contributed by atoms with van der Waals surface area (Å²) in [6.07, 6.45) is 2.35. The van der Waals surface area contributed by atoms with Crippen LogP contribution in [0.15, 0.2) is 30.3 Å². The first-order chi connectivity index (χ1) is 12.3. The Bertz CT molecular complexity index is 760. The largest absolute Gasteiger partial charge is 0.481 e. The summed E-state index contributed by atoms with van der Waals surface area (Å²) in [5, 5.41) is 8.86. The fraction of sp³-hybridized carbons (Fsp3) is 0.579. The van der Waals surface area contributed by atoms with Gasteiger partial charge in [-0.15, -0.1) is 0 Å². The summed E-state index contributed by atoms with van der Waals surface area (Å²) < 4.78 is 23.3. The van der Waals surface area contributed by atoms with Crippen LogP contribution in [0.5, 0.6) is 0 Å². The van der Waals surface area contributed by atoms with E-state index in [2.05, 4.69) is 0 Å². The van der Waals surface area contributed by atoms with Gasteiger partial charge in [0.05, 0.1) is 11.5 Å². The number of aliphatic carboxylic acids is 1. The maximum atomic E-state index is 13.0. The third-order valence-corrected chi connectivity index (χ3v) is 7.31. The van der Waals surface area contributed by atoms with Crippen molar-refractivity contribution in [3.05, 3.63) is 35.9 Å². The number of nitrogens with zero attached hydrogens (tertiary/aromatic N) is 1. The summed E-state index contributed by atoms with van der Waals surface area (Å²) in [6, 6.07) is 9.65. The van der Waals surface area contributed by atoms with E-state index in [1.54, 1.807) is 4.90 Å². The zero-order chi connectivity index (χ0) is 18.8. The van der Waals surface area contributed by atoms with Crippen molar-refractivity contribution in [2.45, 2.75) is 38.6 Å². The molecule has 1 atom stereocenters. The third kappa shape index (κ3) is 4.44. The van der Waals surface area contributed by atoms with Gasteiger partial charge in [0, 0.05) is 25.4 Å². The van der Waals surface area contributed by atoms with Gasteiger partial charge in [-0.2, -0.15) is 0 Å². The van der Waals surface area contributed by atoms with E-state index >= 15 is 0 Å². The second kappa shape index (κ2) is 7.39. The van der Waals surface area contributed by atoms with Crippen LogP contribution >= 0.6 is 0 Å². The van der Waals surface area contributed by atoms with Crippen LogP contribution in [-0.4, -0.2) is 48.4 Å². The molecular weight excluding hydrogens is 354 g/mol. The number of hydrogen-bond acceptors (Lipinski definition) is 4. The number of hydrogen-bond donors (Lipinski definition) is 1. The van der Waals surface area contributed by atoms with Crippen LogP contribution in [0.3, 0.4) is 0 Å². The molecule has 0 radical (unpaired) electrons. The number of carbonyl (C=O) groups is 2. The number of carbonyl (C=O) groups excluding carboxylic acids is 1. The topological polar surface area (TPSA) is 91.8 Å². The average molecular weight is 379 g/mol. The third-order valence-electron chi connectivity index (χ3n) is 5.66. The van der Waals surface area contributed by atoms with Crippen molar-refractivity contribution >= 4 is 21.7 Å². The number of amides is 1. The molecule has 1 aliphatic carbocycles. The molecule has 26 heavy (non-hydrogen) atoms. The van der Waals surface area contributed by atoms with E-state index in [1.807, 2.05) is 30.3 Å². The highest BCUT2D eigenvalue weighted by Crippen LogP contribution is 2.60. The lowest BCUT2D eigenvalue weighted by Crippen LogP contribution is -2.36. The Balaban J connectivity index is 1.66. The molecule has 2 aliphatic rings. The van der Waals surface area contributed by atoms with Crippen molar-refractivity contribution in [3.8, 4) is 0 Å². The van der Waals surface area contributed by atoms with Crippen molar-refractivity contribution < 1.29 is 23.1 Å². The van der Waals surface area contributed by atoms with Crippen molar-refractivity contribution in [1.29, 1.82) is 0 Å². The molecule has 7 heteroatoms. The molecule has 1 amide bonds. The molecule has 1 saturated heterocycles. The van der Waals surface area contributed by atoms with Gasteiger partial charge < -0.3 is 10.0 Å². The molecule has 142 valence electrons. The molecule has 1 heterocycles. The zero-order valence-corrected chi connectivity index (χ0v) is 15.6. The highest BCUT2D eigenvalue weighted by Gasteiger charge is 2.60. The van der Waals surface area contributed by atoms with Crippen molar-refractivity contribution in [2.75, 3.05) is 18.1 Å². The summed E-state index contributed by atoms with van der Waals surface area (Å²) in [7, 11) is -2.95. The normalized spacial score (nSPS) is 22.7. The molecule has 0 bridgehead atoms. The van der Waals surface area contributed by atoms with Gasteiger partial charge in [-0.3, -0.25) is 9.59 Å². The van der Waals surface area contributed by atoms with Crippen LogP contribution in [0.4, 0.5) is 0 Å². The molecule has 1 aromatic carbocycles. The summed E-state index contributed by atoms with van der Waals surface area (Å²) >= 11 is 0. The van der Waals surface area contributed by atoms with Crippen LogP contribution in [0.1, 0.15) is 37.7 Å². The minimum absolute atomic E-state index is 0.0343. The van der Waals surface area contributed by atoms with E-state index in [4.69, 9.17) is 5.11 Å². The fourth-order valence-electron chi connectivity index (χ4n) is 3.91. The van der Waals surface area contributed by atoms with Gasteiger partial charge in [0.15, 0.2) is 0 Å².